The van der Waals surface area contributed by atoms with Crippen molar-refractivity contribution in [2.24, 2.45) is 0 Å². The van der Waals surface area contributed by atoms with Gasteiger partial charge in [0.25, 0.3) is 0 Å². The second-order valence-electron chi connectivity index (χ2n) is 4.08. The van der Waals surface area contributed by atoms with Crippen LogP contribution in [0.1, 0.15) is 33.6 Å². The molecule has 92 valence electrons. The largest absolute Gasteiger partial charge is 0.304 e. The van der Waals surface area contributed by atoms with Crippen molar-refractivity contribution >= 4 is 10.0 Å². The molecule has 0 heterocycles. The standard InChI is InChI=1S/C10H24N2O2S/c1-5-15(13,14)11-8-6-7-9-12(4)10(2)3/h10-11H,5-9H2,1-4H3. The molecule has 0 unspecified atom stereocenters. The lowest BCUT2D eigenvalue weighted by molar-refractivity contribution is 0.268. The van der Waals surface area contributed by atoms with Gasteiger partial charge in [0.2, 0.25) is 10.0 Å². The Morgan fingerprint density at radius 2 is 1.87 bits per heavy atom. The average Bonchev–Trinajstić information content (AvgIpc) is 2.16. The van der Waals surface area contributed by atoms with Gasteiger partial charge in [0.1, 0.15) is 0 Å². The molecule has 0 aliphatic carbocycles. The van der Waals surface area contributed by atoms with E-state index in [9.17, 15) is 8.42 Å². The minimum Gasteiger partial charge on any atom is -0.304 e. The van der Waals surface area contributed by atoms with Gasteiger partial charge in [-0.05, 0) is 47.2 Å². The summed E-state index contributed by atoms with van der Waals surface area (Å²) in [5, 5.41) is 0. The summed E-state index contributed by atoms with van der Waals surface area (Å²) in [5.74, 6) is 0.166. The first-order valence-electron chi connectivity index (χ1n) is 5.56. The van der Waals surface area contributed by atoms with E-state index in [-0.39, 0.29) is 5.75 Å². The second-order valence-corrected chi connectivity index (χ2v) is 6.17. The summed E-state index contributed by atoms with van der Waals surface area (Å²) in [6.07, 6.45) is 1.93. The van der Waals surface area contributed by atoms with Gasteiger partial charge in [-0.15, -0.1) is 0 Å². The van der Waals surface area contributed by atoms with Crippen molar-refractivity contribution in [3.8, 4) is 0 Å². The monoisotopic (exact) mass is 236 g/mol. The number of unbranched alkanes of at least 4 members (excludes halogenated alkanes) is 1. The fourth-order valence-electron chi connectivity index (χ4n) is 1.07. The third-order valence-corrected chi connectivity index (χ3v) is 3.93. The molecular weight excluding hydrogens is 212 g/mol. The van der Waals surface area contributed by atoms with E-state index in [0.29, 0.717) is 12.6 Å². The van der Waals surface area contributed by atoms with E-state index in [4.69, 9.17) is 0 Å². The summed E-state index contributed by atoms with van der Waals surface area (Å²) >= 11 is 0. The van der Waals surface area contributed by atoms with Gasteiger partial charge in [0, 0.05) is 12.6 Å². The van der Waals surface area contributed by atoms with Crippen LogP contribution in [0.15, 0.2) is 0 Å². The predicted molar refractivity (Wildman–Crippen MR) is 64.5 cm³/mol. The van der Waals surface area contributed by atoms with Crippen LogP contribution >= 0.6 is 0 Å². The Hall–Kier alpha value is -0.130. The van der Waals surface area contributed by atoms with Crippen molar-refractivity contribution in [2.45, 2.75) is 39.7 Å². The molecule has 0 aromatic heterocycles. The third kappa shape index (κ3) is 7.76. The van der Waals surface area contributed by atoms with Crippen molar-refractivity contribution in [1.82, 2.24) is 9.62 Å². The van der Waals surface area contributed by atoms with Crippen LogP contribution in [-0.4, -0.2) is 45.2 Å². The molecule has 0 bridgehead atoms. The maximum atomic E-state index is 11.1. The smallest absolute Gasteiger partial charge is 0.211 e. The van der Waals surface area contributed by atoms with Crippen LogP contribution in [0.2, 0.25) is 0 Å². The molecule has 5 heteroatoms. The number of rotatable bonds is 8. The van der Waals surface area contributed by atoms with Gasteiger partial charge in [0.05, 0.1) is 5.75 Å². The zero-order valence-corrected chi connectivity index (χ0v) is 11.1. The van der Waals surface area contributed by atoms with Crippen LogP contribution in [-0.2, 0) is 10.0 Å². The highest BCUT2D eigenvalue weighted by atomic mass is 32.2. The number of hydrogen-bond acceptors (Lipinski definition) is 3. The predicted octanol–water partition coefficient (Wildman–Crippen LogP) is 1.05. The van der Waals surface area contributed by atoms with Crippen LogP contribution in [0, 0.1) is 0 Å². The Morgan fingerprint density at radius 1 is 1.27 bits per heavy atom. The Balaban J connectivity index is 3.49. The maximum absolute atomic E-state index is 11.1. The second kappa shape index (κ2) is 7.19. The Kier molecular flexibility index (Phi) is 7.13. The number of nitrogens with zero attached hydrogens (tertiary/aromatic N) is 1. The molecular formula is C10H24N2O2S. The van der Waals surface area contributed by atoms with Gasteiger partial charge < -0.3 is 4.90 Å². The normalized spacial score (nSPS) is 12.7. The summed E-state index contributed by atoms with van der Waals surface area (Å²) in [6.45, 7) is 7.53. The minimum atomic E-state index is -3.00. The molecule has 0 spiro atoms. The molecule has 4 nitrogen and oxygen atoms in total. The van der Waals surface area contributed by atoms with E-state index in [2.05, 4.69) is 30.5 Å². The Labute approximate surface area is 94.1 Å². The van der Waals surface area contributed by atoms with Gasteiger partial charge in [-0.3, -0.25) is 0 Å². The molecule has 0 aliphatic heterocycles. The van der Waals surface area contributed by atoms with Gasteiger partial charge in [-0.2, -0.15) is 0 Å². The maximum Gasteiger partial charge on any atom is 0.211 e. The molecule has 15 heavy (non-hydrogen) atoms. The highest BCUT2D eigenvalue weighted by Crippen LogP contribution is 1.97. The first kappa shape index (κ1) is 14.9. The summed E-state index contributed by atoms with van der Waals surface area (Å²) in [7, 11) is -0.916. The van der Waals surface area contributed by atoms with Crippen LogP contribution in [0.5, 0.6) is 0 Å². The Morgan fingerprint density at radius 3 is 2.33 bits per heavy atom. The molecule has 1 N–H and O–H groups in total. The highest BCUT2D eigenvalue weighted by molar-refractivity contribution is 7.89. The molecule has 0 saturated carbocycles. The summed E-state index contributed by atoms with van der Waals surface area (Å²) in [4.78, 5) is 2.26. The quantitative estimate of drug-likeness (QED) is 0.641. The summed E-state index contributed by atoms with van der Waals surface area (Å²) in [5.41, 5.74) is 0. The highest BCUT2D eigenvalue weighted by Gasteiger charge is 2.05. The van der Waals surface area contributed by atoms with Gasteiger partial charge in [-0.1, -0.05) is 0 Å². The molecule has 0 atom stereocenters. The van der Waals surface area contributed by atoms with Crippen molar-refractivity contribution in [1.29, 1.82) is 0 Å². The molecule has 0 rings (SSSR count). The molecule has 0 fully saturated rings. The number of sulfonamides is 1. The van der Waals surface area contributed by atoms with Crippen molar-refractivity contribution in [3.63, 3.8) is 0 Å². The lowest BCUT2D eigenvalue weighted by atomic mass is 10.2. The van der Waals surface area contributed by atoms with E-state index in [1.165, 1.54) is 0 Å². The average molecular weight is 236 g/mol. The summed E-state index contributed by atoms with van der Waals surface area (Å²) in [6, 6.07) is 0.553. The first-order valence-corrected chi connectivity index (χ1v) is 7.22. The van der Waals surface area contributed by atoms with E-state index in [1.54, 1.807) is 6.92 Å². The van der Waals surface area contributed by atoms with Crippen LogP contribution < -0.4 is 4.72 Å². The third-order valence-electron chi connectivity index (χ3n) is 2.52. The lowest BCUT2D eigenvalue weighted by Gasteiger charge is -2.20. The topological polar surface area (TPSA) is 49.4 Å². The van der Waals surface area contributed by atoms with Crippen molar-refractivity contribution < 1.29 is 8.42 Å². The van der Waals surface area contributed by atoms with E-state index in [1.807, 2.05) is 0 Å². The molecule has 0 saturated heterocycles. The van der Waals surface area contributed by atoms with E-state index >= 15 is 0 Å². The van der Waals surface area contributed by atoms with Gasteiger partial charge in [-0.25, -0.2) is 13.1 Å². The van der Waals surface area contributed by atoms with Gasteiger partial charge in [0.15, 0.2) is 0 Å². The van der Waals surface area contributed by atoms with Crippen LogP contribution in [0.3, 0.4) is 0 Å². The molecule has 0 radical (unpaired) electrons. The van der Waals surface area contributed by atoms with E-state index in [0.717, 1.165) is 19.4 Å². The fraction of sp³-hybridized carbons (Fsp3) is 1.00. The SMILES string of the molecule is CCS(=O)(=O)NCCCCN(C)C(C)C. The lowest BCUT2D eigenvalue weighted by Crippen LogP contribution is -2.29. The molecule has 0 aromatic rings. The van der Waals surface area contributed by atoms with Crippen LogP contribution in [0.25, 0.3) is 0 Å². The molecule has 0 aliphatic rings. The van der Waals surface area contributed by atoms with E-state index < -0.39 is 10.0 Å². The van der Waals surface area contributed by atoms with Crippen LogP contribution in [0.4, 0.5) is 0 Å². The Bertz CT molecular complexity index is 250. The van der Waals surface area contributed by atoms with Crippen molar-refractivity contribution in [3.05, 3.63) is 0 Å². The van der Waals surface area contributed by atoms with Crippen molar-refractivity contribution in [2.75, 3.05) is 25.9 Å². The summed E-state index contributed by atoms with van der Waals surface area (Å²) < 4.78 is 24.7. The minimum absolute atomic E-state index is 0.166. The van der Waals surface area contributed by atoms with Gasteiger partial charge >= 0.3 is 0 Å². The molecule has 0 amide bonds. The zero-order chi connectivity index (χ0) is 11.9. The number of nitrogens with one attached hydrogen (secondary N) is 1. The number of hydrogen-bond donors (Lipinski definition) is 1. The zero-order valence-electron chi connectivity index (χ0n) is 10.3. The fourth-order valence-corrected chi connectivity index (χ4v) is 1.73. The molecule has 0 aromatic carbocycles. The first-order chi connectivity index (χ1) is 6.89.